The van der Waals surface area contributed by atoms with E-state index in [2.05, 4.69) is 0 Å². The van der Waals surface area contributed by atoms with Crippen LogP contribution in [0, 0.1) is 0 Å². The van der Waals surface area contributed by atoms with Crippen LogP contribution in [0.1, 0.15) is 28.9 Å². The van der Waals surface area contributed by atoms with Gasteiger partial charge in [-0.15, -0.1) is 0 Å². The molecule has 2 unspecified atom stereocenters. The molecule has 3 aromatic carbocycles. The third kappa shape index (κ3) is 4.54. The number of nitrogens with zero attached hydrogens (tertiary/aromatic N) is 2. The number of anilines is 1. The number of hydrogen-bond acceptors (Lipinski definition) is 4. The Kier molecular flexibility index (Phi) is 6.30. The molecule has 4 rings (SSSR count). The van der Waals surface area contributed by atoms with E-state index in [0.29, 0.717) is 24.3 Å². The molecule has 1 heterocycles. The van der Waals surface area contributed by atoms with Gasteiger partial charge in [0.15, 0.2) is 0 Å². The standard InChI is InChI=1S/C25H26N2O4S/c1-19-17-27(18-24(31-19)20-9-5-3-6-10-20)25(28)21-13-15-23(16-14-21)32(29,30)26(2)22-11-7-4-8-12-22/h3-16,19,24H,17-18H2,1-2H3. The quantitative estimate of drug-likeness (QED) is 0.587. The first-order valence-corrected chi connectivity index (χ1v) is 11.9. The van der Waals surface area contributed by atoms with Gasteiger partial charge in [0.1, 0.15) is 6.10 Å². The molecule has 1 saturated heterocycles. The van der Waals surface area contributed by atoms with Crippen LogP contribution in [0.2, 0.25) is 0 Å². The molecule has 1 aliphatic heterocycles. The second-order valence-electron chi connectivity index (χ2n) is 7.89. The van der Waals surface area contributed by atoms with E-state index in [-0.39, 0.29) is 23.0 Å². The minimum absolute atomic E-state index is 0.0999. The summed E-state index contributed by atoms with van der Waals surface area (Å²) in [5.74, 6) is -0.138. The molecule has 0 bridgehead atoms. The summed E-state index contributed by atoms with van der Waals surface area (Å²) in [4.78, 5) is 15.1. The van der Waals surface area contributed by atoms with Gasteiger partial charge in [0.2, 0.25) is 0 Å². The van der Waals surface area contributed by atoms with Crippen molar-refractivity contribution in [2.45, 2.75) is 24.0 Å². The van der Waals surface area contributed by atoms with Crippen LogP contribution in [-0.4, -0.2) is 45.5 Å². The summed E-state index contributed by atoms with van der Waals surface area (Å²) >= 11 is 0. The number of ether oxygens (including phenoxy) is 1. The van der Waals surface area contributed by atoms with Crippen LogP contribution in [0.3, 0.4) is 0 Å². The minimum atomic E-state index is -3.72. The van der Waals surface area contributed by atoms with Crippen LogP contribution in [0.15, 0.2) is 89.8 Å². The summed E-state index contributed by atoms with van der Waals surface area (Å²) in [6.45, 7) is 2.88. The molecular weight excluding hydrogens is 424 g/mol. The molecule has 1 aliphatic rings. The molecule has 3 aromatic rings. The third-order valence-electron chi connectivity index (χ3n) is 5.60. The largest absolute Gasteiger partial charge is 0.367 e. The topological polar surface area (TPSA) is 66.9 Å². The second kappa shape index (κ2) is 9.14. The number of carbonyl (C=O) groups is 1. The summed E-state index contributed by atoms with van der Waals surface area (Å²) in [5, 5.41) is 0. The van der Waals surface area contributed by atoms with Crippen LogP contribution in [0.25, 0.3) is 0 Å². The molecule has 0 N–H and O–H groups in total. The number of hydrogen-bond donors (Lipinski definition) is 0. The van der Waals surface area contributed by atoms with Crippen LogP contribution >= 0.6 is 0 Å². The zero-order valence-corrected chi connectivity index (χ0v) is 18.9. The lowest BCUT2D eigenvalue weighted by Crippen LogP contribution is -2.46. The Labute approximate surface area is 189 Å². The number of rotatable bonds is 5. The number of amides is 1. The van der Waals surface area contributed by atoms with Crippen molar-refractivity contribution in [1.82, 2.24) is 4.90 Å². The predicted molar refractivity (Wildman–Crippen MR) is 124 cm³/mol. The average molecular weight is 451 g/mol. The Morgan fingerprint density at radius 2 is 1.50 bits per heavy atom. The van der Waals surface area contributed by atoms with Crippen molar-refractivity contribution in [3.63, 3.8) is 0 Å². The molecule has 1 amide bonds. The molecule has 0 aliphatic carbocycles. The summed E-state index contributed by atoms with van der Waals surface area (Å²) in [6, 6.07) is 24.8. The summed E-state index contributed by atoms with van der Waals surface area (Å²) in [7, 11) is -2.21. The van der Waals surface area contributed by atoms with Crippen molar-refractivity contribution in [2.24, 2.45) is 0 Å². The molecule has 7 heteroatoms. The predicted octanol–water partition coefficient (Wildman–Crippen LogP) is 4.11. The second-order valence-corrected chi connectivity index (χ2v) is 9.86. The minimum Gasteiger partial charge on any atom is -0.367 e. The van der Waals surface area contributed by atoms with Crippen molar-refractivity contribution in [3.05, 3.63) is 96.1 Å². The highest BCUT2D eigenvalue weighted by atomic mass is 32.2. The molecule has 0 saturated carbocycles. The Morgan fingerprint density at radius 1 is 0.906 bits per heavy atom. The first kappa shape index (κ1) is 22.0. The van der Waals surface area contributed by atoms with Crippen molar-refractivity contribution < 1.29 is 17.9 Å². The zero-order valence-electron chi connectivity index (χ0n) is 18.1. The highest BCUT2D eigenvalue weighted by Crippen LogP contribution is 2.27. The molecule has 6 nitrogen and oxygen atoms in total. The molecule has 2 atom stereocenters. The zero-order chi connectivity index (χ0) is 22.7. The van der Waals surface area contributed by atoms with Crippen LogP contribution < -0.4 is 4.31 Å². The summed E-state index contributed by atoms with van der Waals surface area (Å²) in [6.07, 6.45) is -0.292. The highest BCUT2D eigenvalue weighted by molar-refractivity contribution is 7.92. The highest BCUT2D eigenvalue weighted by Gasteiger charge is 2.30. The van der Waals surface area contributed by atoms with E-state index in [9.17, 15) is 13.2 Å². The van der Waals surface area contributed by atoms with Gasteiger partial charge in [0.25, 0.3) is 15.9 Å². The van der Waals surface area contributed by atoms with E-state index in [1.54, 1.807) is 41.3 Å². The maximum atomic E-state index is 13.1. The number of carbonyl (C=O) groups excluding carboxylic acids is 1. The van der Waals surface area contributed by atoms with E-state index in [1.807, 2.05) is 43.3 Å². The monoisotopic (exact) mass is 450 g/mol. The van der Waals surface area contributed by atoms with Gasteiger partial charge in [-0.25, -0.2) is 8.42 Å². The Bertz CT molecular complexity index is 1170. The van der Waals surface area contributed by atoms with Gasteiger partial charge < -0.3 is 9.64 Å². The number of morpholine rings is 1. The van der Waals surface area contributed by atoms with Crippen LogP contribution in [-0.2, 0) is 14.8 Å². The normalized spacial score (nSPS) is 18.9. The third-order valence-corrected chi connectivity index (χ3v) is 7.40. The van der Waals surface area contributed by atoms with E-state index < -0.39 is 10.0 Å². The van der Waals surface area contributed by atoms with Gasteiger partial charge >= 0.3 is 0 Å². The van der Waals surface area contributed by atoms with Gasteiger partial charge in [0, 0.05) is 19.2 Å². The van der Waals surface area contributed by atoms with Gasteiger partial charge in [-0.3, -0.25) is 9.10 Å². The van der Waals surface area contributed by atoms with Gasteiger partial charge in [-0.1, -0.05) is 48.5 Å². The summed E-state index contributed by atoms with van der Waals surface area (Å²) in [5.41, 5.74) is 2.05. The van der Waals surface area contributed by atoms with Gasteiger partial charge in [-0.05, 0) is 48.9 Å². The van der Waals surface area contributed by atoms with E-state index in [4.69, 9.17) is 4.74 Å². The van der Waals surface area contributed by atoms with Crippen molar-refractivity contribution in [1.29, 1.82) is 0 Å². The fourth-order valence-electron chi connectivity index (χ4n) is 3.86. The van der Waals surface area contributed by atoms with E-state index >= 15 is 0 Å². The first-order valence-electron chi connectivity index (χ1n) is 10.5. The Balaban J connectivity index is 1.51. The molecule has 166 valence electrons. The number of para-hydroxylation sites is 1. The van der Waals surface area contributed by atoms with Crippen LogP contribution in [0.5, 0.6) is 0 Å². The maximum Gasteiger partial charge on any atom is 0.264 e. The Morgan fingerprint density at radius 3 is 2.12 bits per heavy atom. The van der Waals surface area contributed by atoms with E-state index in [1.165, 1.54) is 23.5 Å². The lowest BCUT2D eigenvalue weighted by atomic mass is 10.1. The van der Waals surface area contributed by atoms with Gasteiger partial charge in [-0.2, -0.15) is 0 Å². The molecule has 1 fully saturated rings. The lowest BCUT2D eigenvalue weighted by Gasteiger charge is -2.37. The van der Waals surface area contributed by atoms with Crippen molar-refractivity contribution in [2.75, 3.05) is 24.4 Å². The van der Waals surface area contributed by atoms with Crippen molar-refractivity contribution >= 4 is 21.6 Å². The van der Waals surface area contributed by atoms with Crippen molar-refractivity contribution in [3.8, 4) is 0 Å². The molecule has 0 aromatic heterocycles. The Hall–Kier alpha value is -3.16. The number of benzene rings is 3. The fourth-order valence-corrected chi connectivity index (χ4v) is 5.05. The SMILES string of the molecule is CC1CN(C(=O)c2ccc(S(=O)(=O)N(C)c3ccccc3)cc2)CC(c2ccccc2)O1. The average Bonchev–Trinajstić information content (AvgIpc) is 2.84. The fraction of sp³-hybridized carbons (Fsp3) is 0.240. The molecule has 32 heavy (non-hydrogen) atoms. The smallest absolute Gasteiger partial charge is 0.264 e. The maximum absolute atomic E-state index is 13.1. The first-order chi connectivity index (χ1) is 15.4. The molecular formula is C25H26N2O4S. The number of sulfonamides is 1. The lowest BCUT2D eigenvalue weighted by molar-refractivity contribution is -0.0691. The van der Waals surface area contributed by atoms with Gasteiger partial charge in [0.05, 0.1) is 23.2 Å². The van der Waals surface area contributed by atoms with E-state index in [0.717, 1.165) is 5.56 Å². The molecule has 0 spiro atoms. The van der Waals surface area contributed by atoms with Crippen LogP contribution in [0.4, 0.5) is 5.69 Å². The molecule has 0 radical (unpaired) electrons. The summed E-state index contributed by atoms with van der Waals surface area (Å²) < 4.78 is 33.2.